The Hall–Kier alpha value is -2.36. The third-order valence-electron chi connectivity index (χ3n) is 5.16. The lowest BCUT2D eigenvalue weighted by atomic mass is 9.83. The molecule has 1 atom stereocenters. The van der Waals surface area contributed by atoms with Gasteiger partial charge in [0.1, 0.15) is 0 Å². The molecule has 4 heteroatoms. The topological polar surface area (TPSA) is 59.3 Å². The summed E-state index contributed by atoms with van der Waals surface area (Å²) >= 11 is 0. The van der Waals surface area contributed by atoms with E-state index in [0.717, 1.165) is 10.1 Å². The molecular weight excluding hydrogens is 302 g/mol. The van der Waals surface area contributed by atoms with Gasteiger partial charge in [-0.05, 0) is 36.0 Å². The summed E-state index contributed by atoms with van der Waals surface area (Å²) in [6, 6.07) is 11.8. The van der Waals surface area contributed by atoms with Crippen LogP contribution >= 0.6 is 0 Å². The first-order chi connectivity index (χ1) is 11.6. The third kappa shape index (κ3) is 3.28. The average Bonchev–Trinajstić information content (AvgIpc) is 2.62. The molecule has 1 saturated carbocycles. The zero-order valence-corrected chi connectivity index (χ0v) is 13.9. The van der Waals surface area contributed by atoms with Crippen molar-refractivity contribution in [1.29, 1.82) is 0 Å². The number of aromatic nitrogens is 1. The van der Waals surface area contributed by atoms with Gasteiger partial charge in [-0.3, -0.25) is 4.79 Å². The molecule has 1 aromatic carbocycles. The van der Waals surface area contributed by atoms with Gasteiger partial charge in [0.2, 0.25) is 0 Å². The first-order valence-corrected chi connectivity index (χ1v) is 8.62. The molecule has 1 fully saturated rings. The molecule has 1 aliphatic rings. The number of nitrogens with zero attached hydrogens (tertiary/aromatic N) is 1. The quantitative estimate of drug-likeness (QED) is 0.899. The van der Waals surface area contributed by atoms with E-state index in [2.05, 4.69) is 24.3 Å². The summed E-state index contributed by atoms with van der Waals surface area (Å²) in [5.74, 6) is 0.522. The molecule has 0 radical (unpaired) electrons. The molecule has 1 aliphatic carbocycles. The van der Waals surface area contributed by atoms with E-state index in [1.54, 1.807) is 12.1 Å². The van der Waals surface area contributed by atoms with Crippen LogP contribution in [0.4, 0.5) is 4.79 Å². The lowest BCUT2D eigenvalue weighted by molar-refractivity contribution is 0.195. The molecule has 0 spiro atoms. The Morgan fingerprint density at radius 1 is 1.12 bits per heavy atom. The molecule has 0 bridgehead atoms. The normalized spacial score (nSPS) is 16.7. The summed E-state index contributed by atoms with van der Waals surface area (Å²) in [4.78, 5) is 23.4. The van der Waals surface area contributed by atoms with Crippen molar-refractivity contribution in [2.45, 2.75) is 50.9 Å². The minimum absolute atomic E-state index is 0.135. The fourth-order valence-electron chi connectivity index (χ4n) is 3.66. The molecule has 0 aliphatic heterocycles. The van der Waals surface area contributed by atoms with Crippen molar-refractivity contribution in [1.82, 2.24) is 4.57 Å². The molecular formula is C20H23NO3. The van der Waals surface area contributed by atoms with Gasteiger partial charge in [-0.15, -0.1) is 0 Å². The van der Waals surface area contributed by atoms with E-state index < -0.39 is 11.7 Å². The Bertz CT molecular complexity index is 770. The van der Waals surface area contributed by atoms with Crippen molar-refractivity contribution in [3.8, 4) is 0 Å². The summed E-state index contributed by atoms with van der Waals surface area (Å²) in [5, 5.41) is 9.09. The molecule has 126 valence electrons. The fraction of sp³-hybridized carbons (Fsp3) is 0.400. The van der Waals surface area contributed by atoms with Crippen LogP contribution in [0.1, 0.15) is 67.6 Å². The molecule has 0 amide bonds. The van der Waals surface area contributed by atoms with Gasteiger partial charge in [-0.2, -0.15) is 0 Å². The van der Waals surface area contributed by atoms with Gasteiger partial charge >= 0.3 is 6.09 Å². The largest absolute Gasteiger partial charge is 0.464 e. The van der Waals surface area contributed by atoms with E-state index in [-0.39, 0.29) is 5.92 Å². The second-order valence-electron chi connectivity index (χ2n) is 6.64. The van der Waals surface area contributed by atoms with Crippen LogP contribution in [-0.4, -0.2) is 15.8 Å². The van der Waals surface area contributed by atoms with Crippen LogP contribution in [0.3, 0.4) is 0 Å². The van der Waals surface area contributed by atoms with Crippen LogP contribution in [-0.2, 0) is 0 Å². The van der Waals surface area contributed by atoms with E-state index in [4.69, 9.17) is 5.11 Å². The highest BCUT2D eigenvalue weighted by atomic mass is 16.4. The number of rotatable bonds is 3. The van der Waals surface area contributed by atoms with Gasteiger partial charge in [-0.25, -0.2) is 9.36 Å². The molecule has 3 rings (SSSR count). The minimum atomic E-state index is -1.25. The predicted molar refractivity (Wildman–Crippen MR) is 93.9 cm³/mol. The summed E-state index contributed by atoms with van der Waals surface area (Å²) in [7, 11) is 0. The second kappa shape index (κ2) is 7.04. The Balaban J connectivity index is 1.85. The highest BCUT2D eigenvalue weighted by Crippen LogP contribution is 2.33. The van der Waals surface area contributed by atoms with Crippen molar-refractivity contribution in [3.05, 3.63) is 69.6 Å². The summed E-state index contributed by atoms with van der Waals surface area (Å²) < 4.78 is 0.738. The Labute approximate surface area is 141 Å². The Morgan fingerprint density at radius 3 is 2.42 bits per heavy atom. The van der Waals surface area contributed by atoms with Gasteiger partial charge in [0.15, 0.2) is 0 Å². The molecule has 2 aromatic rings. The average molecular weight is 325 g/mol. The van der Waals surface area contributed by atoms with Gasteiger partial charge < -0.3 is 5.11 Å². The van der Waals surface area contributed by atoms with E-state index in [1.807, 2.05) is 6.92 Å². The number of hydrogen-bond acceptors (Lipinski definition) is 2. The monoisotopic (exact) mass is 325 g/mol. The first-order valence-electron chi connectivity index (χ1n) is 8.62. The molecule has 4 nitrogen and oxygen atoms in total. The summed E-state index contributed by atoms with van der Waals surface area (Å²) in [6.45, 7) is 1.94. The van der Waals surface area contributed by atoms with Crippen LogP contribution in [0.2, 0.25) is 0 Å². The zero-order chi connectivity index (χ0) is 17.1. The highest BCUT2D eigenvalue weighted by Gasteiger charge is 2.18. The predicted octanol–water partition coefficient (Wildman–Crippen LogP) is 4.57. The third-order valence-corrected chi connectivity index (χ3v) is 5.16. The fourth-order valence-corrected chi connectivity index (χ4v) is 3.66. The van der Waals surface area contributed by atoms with Crippen LogP contribution in [0, 0.1) is 0 Å². The van der Waals surface area contributed by atoms with Crippen molar-refractivity contribution in [2.24, 2.45) is 0 Å². The number of carbonyl (C=O) groups is 1. The second-order valence-corrected chi connectivity index (χ2v) is 6.64. The highest BCUT2D eigenvalue weighted by molar-refractivity contribution is 5.67. The van der Waals surface area contributed by atoms with Crippen molar-refractivity contribution < 1.29 is 9.90 Å². The lowest BCUT2D eigenvalue weighted by Crippen LogP contribution is -2.28. The van der Waals surface area contributed by atoms with Crippen LogP contribution in [0.15, 0.2) is 47.4 Å². The first kappa shape index (κ1) is 16.5. The number of hydrogen-bond donors (Lipinski definition) is 1. The molecule has 0 saturated heterocycles. The van der Waals surface area contributed by atoms with Crippen LogP contribution < -0.4 is 5.56 Å². The minimum Gasteiger partial charge on any atom is -0.464 e. The molecule has 0 unspecified atom stereocenters. The molecule has 1 heterocycles. The maximum Gasteiger partial charge on any atom is 0.418 e. The molecule has 1 aromatic heterocycles. The standard InChI is InChI=1S/C20H23NO3/c1-14(18-8-5-13-21(19(18)22)20(23)24)15-9-11-17(12-10-15)16-6-3-2-4-7-16/h5,8-14,16H,2-4,6-7H2,1H3,(H,23,24)/t14-/m1/s1. The summed E-state index contributed by atoms with van der Waals surface area (Å²) in [6.07, 6.45) is 6.51. The van der Waals surface area contributed by atoms with E-state index in [1.165, 1.54) is 43.9 Å². The van der Waals surface area contributed by atoms with E-state index >= 15 is 0 Å². The Kier molecular flexibility index (Phi) is 4.84. The van der Waals surface area contributed by atoms with Gasteiger partial charge in [0.25, 0.3) is 5.56 Å². The van der Waals surface area contributed by atoms with Crippen molar-refractivity contribution in [2.75, 3.05) is 0 Å². The van der Waals surface area contributed by atoms with E-state index in [9.17, 15) is 9.59 Å². The number of benzene rings is 1. The summed E-state index contributed by atoms with van der Waals surface area (Å²) in [5.41, 5.74) is 2.45. The molecule has 24 heavy (non-hydrogen) atoms. The maximum absolute atomic E-state index is 12.3. The van der Waals surface area contributed by atoms with Crippen LogP contribution in [0.5, 0.6) is 0 Å². The lowest BCUT2D eigenvalue weighted by Gasteiger charge is -2.22. The van der Waals surface area contributed by atoms with Crippen LogP contribution in [0.25, 0.3) is 0 Å². The maximum atomic E-state index is 12.3. The SMILES string of the molecule is C[C@H](c1ccc(C2CCCCC2)cc1)c1cccn(C(=O)O)c1=O. The Morgan fingerprint density at radius 2 is 1.79 bits per heavy atom. The van der Waals surface area contributed by atoms with Crippen molar-refractivity contribution >= 4 is 6.09 Å². The van der Waals surface area contributed by atoms with Gasteiger partial charge in [0.05, 0.1) is 0 Å². The van der Waals surface area contributed by atoms with Gasteiger partial charge in [-0.1, -0.05) is 56.5 Å². The van der Waals surface area contributed by atoms with Gasteiger partial charge in [0, 0.05) is 17.7 Å². The number of carboxylic acid groups (broad SMARTS) is 1. The molecule has 1 N–H and O–H groups in total. The van der Waals surface area contributed by atoms with Crippen molar-refractivity contribution in [3.63, 3.8) is 0 Å². The zero-order valence-electron chi connectivity index (χ0n) is 13.9. The van der Waals surface area contributed by atoms with E-state index in [0.29, 0.717) is 11.5 Å². The number of pyridine rings is 1. The smallest absolute Gasteiger partial charge is 0.418 e.